The molecular weight excluding hydrogens is 532 g/mol. The second kappa shape index (κ2) is 11.3. The lowest BCUT2D eigenvalue weighted by Gasteiger charge is -2.37. The summed E-state index contributed by atoms with van der Waals surface area (Å²) in [6.45, 7) is 0.732. The Bertz CT molecular complexity index is 1590. The molecule has 8 nitrogen and oxygen atoms in total. The van der Waals surface area contributed by atoms with Crippen LogP contribution < -0.4 is 0 Å². The normalized spacial score (nSPS) is 21.2. The Morgan fingerprint density at radius 2 is 1.83 bits per heavy atom. The fourth-order valence-corrected chi connectivity index (χ4v) is 5.94. The lowest BCUT2D eigenvalue weighted by Crippen LogP contribution is -2.54. The first-order valence-electron chi connectivity index (χ1n) is 14.0. The number of nitrogens with zero attached hydrogens (tertiary/aromatic N) is 3. The Morgan fingerprint density at radius 1 is 1.07 bits per heavy atom. The molecule has 1 atom stereocenters. The average molecular weight is 564 g/mol. The molecule has 0 N–H and O–H groups in total. The molecule has 1 saturated heterocycles. The van der Waals surface area contributed by atoms with Gasteiger partial charge in [0.2, 0.25) is 11.7 Å². The van der Waals surface area contributed by atoms with Crippen molar-refractivity contribution in [2.45, 2.75) is 57.0 Å². The van der Waals surface area contributed by atoms with Crippen molar-refractivity contribution >= 4 is 33.6 Å². The predicted octanol–water partition coefficient (Wildman–Crippen LogP) is 5.76. The van der Waals surface area contributed by atoms with E-state index < -0.39 is 30.1 Å². The van der Waals surface area contributed by atoms with Gasteiger partial charge in [-0.1, -0.05) is 30.3 Å². The number of pyridine rings is 1. The molecule has 10 heteroatoms. The molecule has 2 fully saturated rings. The van der Waals surface area contributed by atoms with Crippen molar-refractivity contribution in [1.82, 2.24) is 14.9 Å². The van der Waals surface area contributed by atoms with E-state index in [4.69, 9.17) is 13.9 Å². The minimum absolute atomic E-state index is 0.00435. The number of aromatic nitrogens is 2. The number of hydrogen-bond acceptors (Lipinski definition) is 8. The maximum atomic E-state index is 16.6. The van der Waals surface area contributed by atoms with Crippen molar-refractivity contribution in [3.8, 4) is 11.6 Å². The van der Waals surface area contributed by atoms with Crippen LogP contribution in [0.1, 0.15) is 44.1 Å². The molecular formula is C31H31F2N3O5. The van der Waals surface area contributed by atoms with E-state index >= 15 is 8.78 Å². The summed E-state index contributed by atoms with van der Waals surface area (Å²) in [6, 6.07) is 12.5. The lowest BCUT2D eigenvalue weighted by atomic mass is 9.87. The monoisotopic (exact) mass is 563 g/mol. The van der Waals surface area contributed by atoms with Gasteiger partial charge in [0.05, 0.1) is 19.1 Å². The number of alkyl halides is 1. The van der Waals surface area contributed by atoms with Crippen molar-refractivity contribution in [1.29, 1.82) is 0 Å². The van der Waals surface area contributed by atoms with E-state index in [1.807, 2.05) is 30.3 Å². The topological polar surface area (TPSA) is 94.8 Å². The SMILES string of the molecule is COC(=O)C1CCC(OC(F)(C(=O)Cc2ccc3nc(-c4nccc5ccccc45)oc3c2F)N2CCCC2)CC1. The van der Waals surface area contributed by atoms with E-state index in [1.165, 1.54) is 18.1 Å². The predicted molar refractivity (Wildman–Crippen MR) is 147 cm³/mol. The lowest BCUT2D eigenvalue weighted by molar-refractivity contribution is -0.252. The first kappa shape index (κ1) is 27.4. The Labute approximate surface area is 235 Å². The van der Waals surface area contributed by atoms with Crippen molar-refractivity contribution in [2.24, 2.45) is 5.92 Å². The summed E-state index contributed by atoms with van der Waals surface area (Å²) in [5.74, 6) is -4.72. The number of likely N-dealkylation sites (tertiary alicyclic amines) is 1. The number of oxazole rings is 1. The van der Waals surface area contributed by atoms with Gasteiger partial charge in [-0.15, -0.1) is 0 Å². The molecule has 0 amide bonds. The molecule has 0 spiro atoms. The third-order valence-corrected chi connectivity index (χ3v) is 8.19. The minimum atomic E-state index is -2.69. The van der Waals surface area contributed by atoms with Gasteiger partial charge in [0, 0.05) is 31.1 Å². The van der Waals surface area contributed by atoms with Crippen LogP contribution in [0.4, 0.5) is 8.78 Å². The fraction of sp³-hybridized carbons (Fsp3) is 0.419. The summed E-state index contributed by atoms with van der Waals surface area (Å²) < 4.78 is 48.9. The highest BCUT2D eigenvalue weighted by Gasteiger charge is 2.49. The molecule has 1 aliphatic heterocycles. The molecule has 214 valence electrons. The summed E-state index contributed by atoms with van der Waals surface area (Å²) in [5.41, 5.74) is 0.625. The van der Waals surface area contributed by atoms with Crippen molar-refractivity contribution in [3.05, 3.63) is 60.0 Å². The molecule has 1 unspecified atom stereocenters. The molecule has 1 aliphatic carbocycles. The number of Topliss-reactive ketones (excluding diaryl/α,β-unsaturated/α-hetero) is 1. The third-order valence-electron chi connectivity index (χ3n) is 8.19. The van der Waals surface area contributed by atoms with Gasteiger partial charge in [0.15, 0.2) is 11.4 Å². The number of methoxy groups -OCH3 is 1. The van der Waals surface area contributed by atoms with Gasteiger partial charge >= 0.3 is 11.9 Å². The Hall–Kier alpha value is -3.76. The van der Waals surface area contributed by atoms with Crippen LogP contribution in [0.5, 0.6) is 0 Å². The summed E-state index contributed by atoms with van der Waals surface area (Å²) in [5, 5.41) is 1.74. The van der Waals surface area contributed by atoms with Gasteiger partial charge in [0.1, 0.15) is 11.2 Å². The van der Waals surface area contributed by atoms with Crippen LogP contribution in [-0.4, -0.2) is 58.9 Å². The fourth-order valence-electron chi connectivity index (χ4n) is 5.94. The Kier molecular flexibility index (Phi) is 7.52. The van der Waals surface area contributed by atoms with Gasteiger partial charge in [0.25, 0.3) is 0 Å². The highest BCUT2D eigenvalue weighted by atomic mass is 19.2. The van der Waals surface area contributed by atoms with E-state index in [0.717, 1.165) is 23.6 Å². The van der Waals surface area contributed by atoms with Crippen LogP contribution in [0.3, 0.4) is 0 Å². The molecule has 2 aromatic carbocycles. The molecule has 2 aliphatic rings. The zero-order valence-corrected chi connectivity index (χ0v) is 22.8. The number of carbonyl (C=O) groups excluding carboxylic acids is 2. The number of ether oxygens (including phenoxy) is 2. The van der Waals surface area contributed by atoms with Gasteiger partial charge in [-0.25, -0.2) is 14.3 Å². The molecule has 2 aromatic heterocycles. The van der Waals surface area contributed by atoms with Crippen molar-refractivity contribution in [2.75, 3.05) is 20.2 Å². The van der Waals surface area contributed by atoms with Crippen LogP contribution in [0.2, 0.25) is 0 Å². The highest BCUT2D eigenvalue weighted by Crippen LogP contribution is 2.36. The van der Waals surface area contributed by atoms with Gasteiger partial charge in [-0.2, -0.15) is 4.39 Å². The van der Waals surface area contributed by atoms with Crippen molar-refractivity contribution < 1.29 is 32.3 Å². The zero-order chi connectivity index (χ0) is 28.6. The van der Waals surface area contributed by atoms with Crippen LogP contribution in [0.15, 0.2) is 53.1 Å². The minimum Gasteiger partial charge on any atom is -0.469 e. The summed E-state index contributed by atoms with van der Waals surface area (Å²) >= 11 is 0. The molecule has 3 heterocycles. The maximum absolute atomic E-state index is 16.6. The van der Waals surface area contributed by atoms with Crippen LogP contribution in [0.25, 0.3) is 33.5 Å². The Morgan fingerprint density at radius 3 is 2.59 bits per heavy atom. The van der Waals surface area contributed by atoms with Crippen LogP contribution >= 0.6 is 0 Å². The van der Waals surface area contributed by atoms with E-state index in [0.29, 0.717) is 44.5 Å². The number of benzene rings is 2. The van der Waals surface area contributed by atoms with Crippen LogP contribution in [-0.2, 0) is 25.5 Å². The number of carbonyl (C=O) groups is 2. The molecule has 6 rings (SSSR count). The second-order valence-corrected chi connectivity index (χ2v) is 10.8. The first-order chi connectivity index (χ1) is 19.9. The van der Waals surface area contributed by atoms with Gasteiger partial charge < -0.3 is 13.9 Å². The number of fused-ring (bicyclic) bond motifs is 2. The van der Waals surface area contributed by atoms with Crippen LogP contribution in [0, 0.1) is 11.7 Å². The zero-order valence-electron chi connectivity index (χ0n) is 22.8. The molecule has 0 radical (unpaired) electrons. The number of halogens is 2. The number of hydrogen-bond donors (Lipinski definition) is 0. The van der Waals surface area contributed by atoms with Gasteiger partial charge in [-0.3, -0.25) is 14.6 Å². The molecule has 4 aromatic rings. The summed E-state index contributed by atoms with van der Waals surface area (Å²) in [6.07, 6.45) is 3.89. The van der Waals surface area contributed by atoms with E-state index in [-0.39, 0.29) is 34.4 Å². The number of esters is 1. The maximum Gasteiger partial charge on any atom is 0.330 e. The number of rotatable bonds is 8. The van der Waals surface area contributed by atoms with E-state index in [1.54, 1.807) is 12.3 Å². The summed E-state index contributed by atoms with van der Waals surface area (Å²) in [4.78, 5) is 35.7. The van der Waals surface area contributed by atoms with E-state index in [2.05, 4.69) is 9.97 Å². The average Bonchev–Trinajstić information content (AvgIpc) is 3.70. The van der Waals surface area contributed by atoms with E-state index in [9.17, 15) is 9.59 Å². The third kappa shape index (κ3) is 5.22. The molecule has 0 bridgehead atoms. The quantitative estimate of drug-likeness (QED) is 0.197. The number of ketones is 1. The molecule has 41 heavy (non-hydrogen) atoms. The molecule has 1 saturated carbocycles. The first-order valence-corrected chi connectivity index (χ1v) is 14.0. The van der Waals surface area contributed by atoms with Crippen molar-refractivity contribution in [3.63, 3.8) is 0 Å². The standard InChI is InChI=1S/C31H31F2N3O5/c1-39-30(38)20-8-11-22(12-9-20)41-31(33,36-16-4-5-17-36)25(37)18-21-10-13-24-28(26(21)32)40-29(35-24)27-23-7-3-2-6-19(23)14-15-34-27/h2-3,6-7,10,13-15,20,22H,4-5,8-9,11-12,16-18H2,1H3. The summed E-state index contributed by atoms with van der Waals surface area (Å²) in [7, 11) is 1.35. The second-order valence-electron chi connectivity index (χ2n) is 10.8. The Balaban J connectivity index is 1.25. The van der Waals surface area contributed by atoms with Gasteiger partial charge in [-0.05, 0) is 61.6 Å². The smallest absolute Gasteiger partial charge is 0.330 e. The largest absolute Gasteiger partial charge is 0.469 e. The highest BCUT2D eigenvalue weighted by molar-refractivity contribution is 5.94.